The number of rotatable bonds is 6. The van der Waals surface area contributed by atoms with Gasteiger partial charge in [0.05, 0.1) is 5.60 Å². The first-order chi connectivity index (χ1) is 9.72. The van der Waals surface area contributed by atoms with Gasteiger partial charge >= 0.3 is 0 Å². The van der Waals surface area contributed by atoms with Crippen LogP contribution < -0.4 is 5.32 Å². The van der Waals surface area contributed by atoms with Crippen LogP contribution in [0.4, 0.5) is 0 Å². The summed E-state index contributed by atoms with van der Waals surface area (Å²) in [5.41, 5.74) is 2.86. The third-order valence-electron chi connectivity index (χ3n) is 4.80. The van der Waals surface area contributed by atoms with Crippen LogP contribution in [0.5, 0.6) is 0 Å². The van der Waals surface area contributed by atoms with Crippen LogP contribution in [-0.4, -0.2) is 25.3 Å². The zero-order valence-electron chi connectivity index (χ0n) is 13.2. The van der Waals surface area contributed by atoms with Gasteiger partial charge in [0.1, 0.15) is 0 Å². The molecule has 1 unspecified atom stereocenters. The fraction of sp³-hybridized carbons (Fsp3) is 0.667. The highest BCUT2D eigenvalue weighted by atomic mass is 16.5. The van der Waals surface area contributed by atoms with E-state index in [0.717, 1.165) is 13.0 Å². The number of nitrogens with one attached hydrogen (secondary N) is 1. The third-order valence-corrected chi connectivity index (χ3v) is 4.80. The lowest BCUT2D eigenvalue weighted by atomic mass is 9.76. The van der Waals surface area contributed by atoms with Crippen molar-refractivity contribution in [1.29, 1.82) is 0 Å². The molecule has 0 heterocycles. The quantitative estimate of drug-likeness (QED) is 0.851. The predicted octanol–water partition coefficient (Wildman–Crippen LogP) is 3.86. The van der Waals surface area contributed by atoms with Crippen molar-refractivity contribution in [1.82, 2.24) is 5.32 Å². The fourth-order valence-corrected chi connectivity index (χ4v) is 3.64. The summed E-state index contributed by atoms with van der Waals surface area (Å²) in [6, 6.07) is 9.12. The minimum Gasteiger partial charge on any atom is -0.374 e. The van der Waals surface area contributed by atoms with Crippen molar-refractivity contribution >= 4 is 0 Å². The first-order valence-electron chi connectivity index (χ1n) is 8.07. The average molecular weight is 275 g/mol. The van der Waals surface area contributed by atoms with Crippen molar-refractivity contribution in [2.24, 2.45) is 0 Å². The van der Waals surface area contributed by atoms with E-state index < -0.39 is 0 Å². The molecule has 1 saturated carbocycles. The topological polar surface area (TPSA) is 21.3 Å². The number of benzene rings is 1. The van der Waals surface area contributed by atoms with E-state index in [-0.39, 0.29) is 5.60 Å². The summed E-state index contributed by atoms with van der Waals surface area (Å²) < 4.78 is 6.27. The van der Waals surface area contributed by atoms with E-state index in [4.69, 9.17) is 4.74 Å². The van der Waals surface area contributed by atoms with E-state index >= 15 is 0 Å². The van der Waals surface area contributed by atoms with Gasteiger partial charge in [0.25, 0.3) is 0 Å². The Bertz CT molecular complexity index is 404. The van der Waals surface area contributed by atoms with Gasteiger partial charge in [-0.1, -0.05) is 43.5 Å². The molecule has 2 rings (SSSR count). The molecule has 20 heavy (non-hydrogen) atoms. The first-order valence-corrected chi connectivity index (χ1v) is 8.07. The van der Waals surface area contributed by atoms with Crippen LogP contribution in [0.2, 0.25) is 0 Å². The lowest BCUT2D eigenvalue weighted by molar-refractivity contribution is -0.0883. The van der Waals surface area contributed by atoms with Gasteiger partial charge in [0.2, 0.25) is 0 Å². The molecule has 1 aliphatic carbocycles. The largest absolute Gasteiger partial charge is 0.374 e. The molecule has 2 heteroatoms. The van der Waals surface area contributed by atoms with Gasteiger partial charge in [-0.3, -0.25) is 0 Å². The number of hydrogen-bond donors (Lipinski definition) is 1. The molecule has 0 aliphatic heterocycles. The maximum atomic E-state index is 6.27. The van der Waals surface area contributed by atoms with E-state index in [0.29, 0.717) is 6.04 Å². The zero-order chi connectivity index (χ0) is 14.4. The number of likely N-dealkylation sites (N-methyl/N-ethyl adjacent to an activating group) is 1. The Labute approximate surface area is 123 Å². The summed E-state index contributed by atoms with van der Waals surface area (Å²) in [7, 11) is 2.08. The van der Waals surface area contributed by atoms with Crippen LogP contribution in [0.3, 0.4) is 0 Å². The molecule has 1 N–H and O–H groups in total. The summed E-state index contributed by atoms with van der Waals surface area (Å²) in [6.45, 7) is 5.14. The van der Waals surface area contributed by atoms with Gasteiger partial charge < -0.3 is 10.1 Å². The molecule has 0 saturated heterocycles. The molecule has 1 aromatic rings. The van der Waals surface area contributed by atoms with Crippen molar-refractivity contribution in [2.45, 2.75) is 64.0 Å². The Kier molecular flexibility index (Phi) is 5.62. The van der Waals surface area contributed by atoms with Gasteiger partial charge in [-0.2, -0.15) is 0 Å². The molecule has 0 aromatic heterocycles. The van der Waals surface area contributed by atoms with Crippen molar-refractivity contribution in [3.05, 3.63) is 35.4 Å². The van der Waals surface area contributed by atoms with Gasteiger partial charge in [0, 0.05) is 12.6 Å². The maximum Gasteiger partial charge on any atom is 0.0837 e. The summed E-state index contributed by atoms with van der Waals surface area (Å²) in [5.74, 6) is 0. The molecule has 1 fully saturated rings. The van der Waals surface area contributed by atoms with Gasteiger partial charge in [-0.25, -0.2) is 0 Å². The molecule has 1 aliphatic rings. The Hall–Kier alpha value is -0.860. The van der Waals surface area contributed by atoms with Gasteiger partial charge in [-0.05, 0) is 51.3 Å². The maximum absolute atomic E-state index is 6.27. The highest BCUT2D eigenvalue weighted by molar-refractivity contribution is 5.27. The summed E-state index contributed by atoms with van der Waals surface area (Å²) in [5, 5.41) is 3.55. The van der Waals surface area contributed by atoms with Crippen LogP contribution in [0.1, 0.15) is 50.2 Å². The number of aryl methyl sites for hydroxylation is 1. The van der Waals surface area contributed by atoms with Crippen molar-refractivity contribution in [3.63, 3.8) is 0 Å². The standard InChI is InChI=1S/C18H29NO/c1-4-20-18(12-8-5-9-13-18)17(19-3)14-16-11-7-6-10-15(16)2/h6-7,10-11,17,19H,4-5,8-9,12-14H2,1-3H3. The molecule has 1 atom stereocenters. The van der Waals surface area contributed by atoms with Crippen molar-refractivity contribution in [2.75, 3.05) is 13.7 Å². The minimum absolute atomic E-state index is 0.0318. The Morgan fingerprint density at radius 2 is 1.90 bits per heavy atom. The molecule has 112 valence electrons. The smallest absolute Gasteiger partial charge is 0.0837 e. The van der Waals surface area contributed by atoms with Gasteiger partial charge in [0.15, 0.2) is 0 Å². The Morgan fingerprint density at radius 3 is 2.50 bits per heavy atom. The third kappa shape index (κ3) is 3.42. The van der Waals surface area contributed by atoms with Crippen LogP contribution in [-0.2, 0) is 11.2 Å². The normalized spacial score (nSPS) is 19.8. The van der Waals surface area contributed by atoms with E-state index in [1.54, 1.807) is 0 Å². The molecular formula is C18H29NO. The second-order valence-corrected chi connectivity index (χ2v) is 6.03. The Balaban J connectivity index is 2.18. The fourth-order valence-electron chi connectivity index (χ4n) is 3.64. The minimum atomic E-state index is 0.0318. The second-order valence-electron chi connectivity index (χ2n) is 6.03. The lowest BCUT2D eigenvalue weighted by Gasteiger charge is -2.43. The predicted molar refractivity (Wildman–Crippen MR) is 85.2 cm³/mol. The van der Waals surface area contributed by atoms with E-state index in [1.807, 2.05) is 0 Å². The van der Waals surface area contributed by atoms with Crippen LogP contribution in [0.25, 0.3) is 0 Å². The zero-order valence-corrected chi connectivity index (χ0v) is 13.2. The van der Waals surface area contributed by atoms with Crippen molar-refractivity contribution in [3.8, 4) is 0 Å². The van der Waals surface area contributed by atoms with E-state index in [2.05, 4.69) is 50.5 Å². The SMILES string of the molecule is CCOC1(C(Cc2ccccc2C)NC)CCCCC1. The Morgan fingerprint density at radius 1 is 1.20 bits per heavy atom. The highest BCUT2D eigenvalue weighted by Crippen LogP contribution is 2.36. The monoisotopic (exact) mass is 275 g/mol. The molecule has 2 nitrogen and oxygen atoms in total. The molecule has 0 radical (unpaired) electrons. The first kappa shape index (κ1) is 15.5. The average Bonchev–Trinajstić information content (AvgIpc) is 2.47. The van der Waals surface area contributed by atoms with Crippen LogP contribution >= 0.6 is 0 Å². The van der Waals surface area contributed by atoms with E-state index in [9.17, 15) is 0 Å². The number of hydrogen-bond acceptors (Lipinski definition) is 2. The summed E-state index contributed by atoms with van der Waals surface area (Å²) in [6.07, 6.45) is 7.40. The van der Waals surface area contributed by atoms with Crippen LogP contribution in [0, 0.1) is 6.92 Å². The number of ether oxygens (including phenoxy) is 1. The van der Waals surface area contributed by atoms with Crippen LogP contribution in [0.15, 0.2) is 24.3 Å². The second kappa shape index (κ2) is 7.24. The molecule has 1 aromatic carbocycles. The van der Waals surface area contributed by atoms with E-state index in [1.165, 1.54) is 43.2 Å². The summed E-state index contributed by atoms with van der Waals surface area (Å²) >= 11 is 0. The molecule has 0 spiro atoms. The molecule has 0 amide bonds. The van der Waals surface area contributed by atoms with Crippen molar-refractivity contribution < 1.29 is 4.74 Å². The highest BCUT2D eigenvalue weighted by Gasteiger charge is 2.39. The lowest BCUT2D eigenvalue weighted by Crippen LogP contribution is -2.54. The summed E-state index contributed by atoms with van der Waals surface area (Å²) in [4.78, 5) is 0. The molecular weight excluding hydrogens is 246 g/mol. The van der Waals surface area contributed by atoms with Gasteiger partial charge in [-0.15, -0.1) is 0 Å². The molecule has 0 bridgehead atoms.